The number of nitrogens with one attached hydrogen (secondary N) is 1. The van der Waals surface area contributed by atoms with E-state index >= 15 is 0 Å². The Morgan fingerprint density at radius 3 is 2.78 bits per heavy atom. The zero-order valence-electron chi connectivity index (χ0n) is 15.6. The Labute approximate surface area is 164 Å². The Morgan fingerprint density at radius 2 is 2.00 bits per heavy atom. The molecule has 0 bridgehead atoms. The maximum Gasteiger partial charge on any atom is 0.256 e. The number of benzene rings is 1. The molecule has 1 fully saturated rings. The van der Waals surface area contributed by atoms with Crippen molar-refractivity contribution in [2.45, 2.75) is 39.0 Å². The van der Waals surface area contributed by atoms with Crippen LogP contribution < -0.4 is 5.32 Å². The number of para-hydroxylation sites is 1. The van der Waals surface area contributed by atoms with Gasteiger partial charge in [0, 0.05) is 26.1 Å². The molecule has 3 rings (SSSR count). The van der Waals surface area contributed by atoms with Crippen LogP contribution in [0, 0.1) is 6.92 Å². The molecule has 1 aliphatic heterocycles. The lowest BCUT2D eigenvalue weighted by Gasteiger charge is -2.20. The van der Waals surface area contributed by atoms with Crippen LogP contribution in [0.2, 0.25) is 5.15 Å². The molecule has 0 spiro atoms. The minimum Gasteiger partial charge on any atom is -0.352 e. The number of likely N-dealkylation sites (tertiary alicyclic amines) is 1. The lowest BCUT2D eigenvalue weighted by molar-refractivity contribution is -0.130. The third kappa shape index (κ3) is 4.69. The maximum absolute atomic E-state index is 12.6. The highest BCUT2D eigenvalue weighted by Crippen LogP contribution is 2.23. The number of halogens is 1. The maximum atomic E-state index is 12.6. The van der Waals surface area contributed by atoms with Gasteiger partial charge < -0.3 is 10.2 Å². The molecule has 1 saturated heterocycles. The third-order valence-electron chi connectivity index (χ3n) is 4.79. The number of carbonyl (C=O) groups is 2. The number of hydrogen-bond donors (Lipinski definition) is 1. The highest BCUT2D eigenvalue weighted by Gasteiger charge is 2.21. The van der Waals surface area contributed by atoms with Gasteiger partial charge in [-0.25, -0.2) is 4.68 Å². The number of rotatable bonds is 6. The van der Waals surface area contributed by atoms with Crippen LogP contribution >= 0.6 is 11.6 Å². The van der Waals surface area contributed by atoms with Gasteiger partial charge in [0.2, 0.25) is 5.91 Å². The van der Waals surface area contributed by atoms with E-state index in [1.54, 1.807) is 11.6 Å². The predicted octanol–water partition coefficient (Wildman–Crippen LogP) is 3.36. The molecule has 27 heavy (non-hydrogen) atoms. The fourth-order valence-electron chi connectivity index (χ4n) is 3.33. The van der Waals surface area contributed by atoms with E-state index in [-0.39, 0.29) is 11.8 Å². The van der Waals surface area contributed by atoms with Crippen LogP contribution in [0.3, 0.4) is 0 Å². The van der Waals surface area contributed by atoms with Gasteiger partial charge in [-0.3, -0.25) is 9.59 Å². The van der Waals surface area contributed by atoms with Crippen molar-refractivity contribution in [2.75, 3.05) is 19.6 Å². The molecule has 2 aromatic rings. The van der Waals surface area contributed by atoms with Gasteiger partial charge in [-0.05, 0) is 38.3 Å². The van der Waals surface area contributed by atoms with E-state index < -0.39 is 0 Å². The highest BCUT2D eigenvalue weighted by atomic mass is 35.5. The van der Waals surface area contributed by atoms with Gasteiger partial charge in [0.1, 0.15) is 5.15 Å². The molecule has 1 aliphatic rings. The molecule has 7 heteroatoms. The average molecular weight is 389 g/mol. The summed E-state index contributed by atoms with van der Waals surface area (Å²) in [5, 5.41) is 7.60. The van der Waals surface area contributed by atoms with Gasteiger partial charge in [0.05, 0.1) is 16.9 Å². The number of nitrogens with zero attached hydrogens (tertiary/aromatic N) is 3. The van der Waals surface area contributed by atoms with E-state index in [9.17, 15) is 9.59 Å². The monoisotopic (exact) mass is 388 g/mol. The molecular formula is C20H25ClN4O2. The van der Waals surface area contributed by atoms with Gasteiger partial charge in [0.15, 0.2) is 0 Å². The normalized spacial score (nSPS) is 14.9. The van der Waals surface area contributed by atoms with Crippen LogP contribution in [0.5, 0.6) is 0 Å². The van der Waals surface area contributed by atoms with Gasteiger partial charge in [-0.1, -0.05) is 36.2 Å². The zero-order chi connectivity index (χ0) is 19.2. The standard InChI is InChI=1S/C20H25ClN4O2/c1-15-18(19(21)25(23-15)16-9-4-2-5-10-16)20(27)22-12-8-14-24-13-7-3-6-11-17(24)26/h2,4-5,9-10H,3,6-8,11-14H2,1H3,(H,22,27). The Kier molecular flexibility index (Phi) is 6.50. The fraction of sp³-hybridized carbons (Fsp3) is 0.450. The van der Waals surface area contributed by atoms with Crippen molar-refractivity contribution >= 4 is 23.4 Å². The van der Waals surface area contributed by atoms with Crippen molar-refractivity contribution in [1.82, 2.24) is 20.0 Å². The van der Waals surface area contributed by atoms with Crippen molar-refractivity contribution in [1.29, 1.82) is 0 Å². The molecule has 0 unspecified atom stereocenters. The first-order chi connectivity index (χ1) is 13.1. The van der Waals surface area contributed by atoms with Crippen LogP contribution in [0.1, 0.15) is 48.2 Å². The molecule has 2 amide bonds. The van der Waals surface area contributed by atoms with E-state index in [1.165, 1.54) is 0 Å². The molecule has 6 nitrogen and oxygen atoms in total. The van der Waals surface area contributed by atoms with Crippen LogP contribution in [0.25, 0.3) is 5.69 Å². The van der Waals surface area contributed by atoms with Crippen molar-refractivity contribution in [3.63, 3.8) is 0 Å². The van der Waals surface area contributed by atoms with Gasteiger partial charge in [-0.2, -0.15) is 5.10 Å². The Balaban J connectivity index is 1.57. The predicted molar refractivity (Wildman–Crippen MR) is 105 cm³/mol. The molecule has 0 radical (unpaired) electrons. The SMILES string of the molecule is Cc1nn(-c2ccccc2)c(Cl)c1C(=O)NCCCN1CCCCCC1=O. The summed E-state index contributed by atoms with van der Waals surface area (Å²) in [6, 6.07) is 9.48. The molecule has 2 heterocycles. The number of hydrogen-bond acceptors (Lipinski definition) is 3. The molecule has 0 saturated carbocycles. The topological polar surface area (TPSA) is 67.2 Å². The Morgan fingerprint density at radius 1 is 1.22 bits per heavy atom. The summed E-state index contributed by atoms with van der Waals surface area (Å²) in [4.78, 5) is 26.5. The first-order valence-corrected chi connectivity index (χ1v) is 9.82. The molecule has 1 N–H and O–H groups in total. The van der Waals surface area contributed by atoms with E-state index in [4.69, 9.17) is 11.6 Å². The van der Waals surface area contributed by atoms with Gasteiger partial charge in [-0.15, -0.1) is 0 Å². The van der Waals surface area contributed by atoms with Crippen LogP contribution in [-0.2, 0) is 4.79 Å². The smallest absolute Gasteiger partial charge is 0.256 e. The van der Waals surface area contributed by atoms with Gasteiger partial charge in [0.25, 0.3) is 5.91 Å². The summed E-state index contributed by atoms with van der Waals surface area (Å²) in [5.41, 5.74) is 1.79. The van der Waals surface area contributed by atoms with Gasteiger partial charge >= 0.3 is 0 Å². The number of carbonyl (C=O) groups excluding carboxylic acids is 2. The van der Waals surface area contributed by atoms with Crippen molar-refractivity contribution in [3.05, 3.63) is 46.7 Å². The van der Waals surface area contributed by atoms with E-state index in [0.717, 1.165) is 37.9 Å². The average Bonchev–Trinajstić information content (AvgIpc) is 2.83. The summed E-state index contributed by atoms with van der Waals surface area (Å²) < 4.78 is 1.57. The summed E-state index contributed by atoms with van der Waals surface area (Å²) in [7, 11) is 0. The first-order valence-electron chi connectivity index (χ1n) is 9.44. The summed E-state index contributed by atoms with van der Waals surface area (Å²) in [6.07, 6.45) is 4.52. The van der Waals surface area contributed by atoms with E-state index in [0.29, 0.717) is 35.9 Å². The quantitative estimate of drug-likeness (QED) is 0.771. The Hall–Kier alpha value is -2.34. The molecule has 1 aromatic carbocycles. The highest BCUT2D eigenvalue weighted by molar-refractivity contribution is 6.33. The minimum atomic E-state index is -0.234. The summed E-state index contributed by atoms with van der Waals surface area (Å²) in [6.45, 7) is 3.77. The third-order valence-corrected chi connectivity index (χ3v) is 5.14. The van der Waals surface area contributed by atoms with Crippen LogP contribution in [0.15, 0.2) is 30.3 Å². The van der Waals surface area contributed by atoms with Crippen molar-refractivity contribution in [2.24, 2.45) is 0 Å². The molecular weight excluding hydrogens is 364 g/mol. The second-order valence-corrected chi connectivity index (χ2v) is 7.16. The second kappa shape index (κ2) is 9.04. The van der Waals surface area contributed by atoms with Crippen LogP contribution in [-0.4, -0.2) is 46.1 Å². The molecule has 144 valence electrons. The van der Waals surface area contributed by atoms with E-state index in [2.05, 4.69) is 10.4 Å². The number of aromatic nitrogens is 2. The van der Waals surface area contributed by atoms with E-state index in [1.807, 2.05) is 35.2 Å². The first kappa shape index (κ1) is 19.4. The molecule has 1 aromatic heterocycles. The minimum absolute atomic E-state index is 0.224. The van der Waals surface area contributed by atoms with Crippen LogP contribution in [0.4, 0.5) is 0 Å². The summed E-state index contributed by atoms with van der Waals surface area (Å²) >= 11 is 6.42. The Bertz CT molecular complexity index is 804. The summed E-state index contributed by atoms with van der Waals surface area (Å²) in [5.74, 6) is -0.0104. The number of amides is 2. The zero-order valence-corrected chi connectivity index (χ0v) is 16.3. The lowest BCUT2D eigenvalue weighted by Crippen LogP contribution is -2.34. The van der Waals surface area contributed by atoms with Crippen molar-refractivity contribution in [3.8, 4) is 5.69 Å². The largest absolute Gasteiger partial charge is 0.352 e. The molecule has 0 atom stereocenters. The van der Waals surface area contributed by atoms with Crippen molar-refractivity contribution < 1.29 is 9.59 Å². The number of aryl methyl sites for hydroxylation is 1. The molecule has 0 aliphatic carbocycles. The fourth-order valence-corrected chi connectivity index (χ4v) is 3.69. The second-order valence-electron chi connectivity index (χ2n) is 6.80. The lowest BCUT2D eigenvalue weighted by atomic mass is 10.2.